The number of amides is 1. The Hall–Kier alpha value is -1.46. The molecule has 4 nitrogen and oxygen atoms in total. The highest BCUT2D eigenvalue weighted by Crippen LogP contribution is 2.17. The molecule has 0 bridgehead atoms. The minimum Gasteiger partial charge on any atom is -0.386 e. The summed E-state index contributed by atoms with van der Waals surface area (Å²) in [7, 11) is 0. The standard InChI is InChI=1S/C16H24FNO3/c1-4-5-10-21-12(3)16(20)18-11(2)15(19)13-6-8-14(17)9-7-13/h6-9,11-12,15,19H,4-5,10H2,1-3H3,(H,18,20)/t11-,12-,15-/m1/s1. The predicted molar refractivity (Wildman–Crippen MR) is 79.3 cm³/mol. The molecule has 0 aliphatic heterocycles. The van der Waals surface area contributed by atoms with E-state index < -0.39 is 18.2 Å². The Kier molecular flexibility index (Phi) is 7.32. The molecule has 2 N–H and O–H groups in total. The first-order valence-electron chi connectivity index (χ1n) is 7.31. The van der Waals surface area contributed by atoms with Crippen LogP contribution in [0.1, 0.15) is 45.3 Å². The zero-order chi connectivity index (χ0) is 15.8. The number of rotatable bonds is 8. The van der Waals surface area contributed by atoms with Gasteiger partial charge in [0.1, 0.15) is 11.9 Å². The van der Waals surface area contributed by atoms with Crippen molar-refractivity contribution in [3.63, 3.8) is 0 Å². The van der Waals surface area contributed by atoms with Gasteiger partial charge in [0.15, 0.2) is 0 Å². The first-order chi connectivity index (χ1) is 9.95. The highest BCUT2D eigenvalue weighted by molar-refractivity contribution is 5.80. The molecule has 0 saturated carbocycles. The van der Waals surface area contributed by atoms with E-state index in [2.05, 4.69) is 12.2 Å². The van der Waals surface area contributed by atoms with E-state index >= 15 is 0 Å². The molecular weight excluding hydrogens is 273 g/mol. The molecule has 0 aliphatic carbocycles. The van der Waals surface area contributed by atoms with Gasteiger partial charge in [-0.15, -0.1) is 0 Å². The van der Waals surface area contributed by atoms with E-state index in [0.717, 1.165) is 12.8 Å². The number of hydrogen-bond donors (Lipinski definition) is 2. The fourth-order valence-electron chi connectivity index (χ4n) is 1.85. The lowest BCUT2D eigenvalue weighted by molar-refractivity contribution is -0.133. The number of aliphatic hydroxyl groups excluding tert-OH is 1. The van der Waals surface area contributed by atoms with Crippen LogP contribution in [-0.4, -0.2) is 29.8 Å². The summed E-state index contributed by atoms with van der Waals surface area (Å²) in [6, 6.07) is 5.08. The lowest BCUT2D eigenvalue weighted by atomic mass is 10.0. The molecule has 5 heteroatoms. The molecule has 0 saturated heterocycles. The summed E-state index contributed by atoms with van der Waals surface area (Å²) in [6.45, 7) is 5.97. The van der Waals surface area contributed by atoms with Crippen LogP contribution in [0.4, 0.5) is 4.39 Å². The van der Waals surface area contributed by atoms with Crippen LogP contribution in [0.15, 0.2) is 24.3 Å². The van der Waals surface area contributed by atoms with Crippen molar-refractivity contribution in [3.05, 3.63) is 35.6 Å². The van der Waals surface area contributed by atoms with Crippen LogP contribution in [-0.2, 0) is 9.53 Å². The zero-order valence-electron chi connectivity index (χ0n) is 12.8. The summed E-state index contributed by atoms with van der Waals surface area (Å²) >= 11 is 0. The largest absolute Gasteiger partial charge is 0.386 e. The number of aliphatic hydroxyl groups is 1. The Bertz CT molecular complexity index is 436. The van der Waals surface area contributed by atoms with Crippen molar-refractivity contribution < 1.29 is 19.0 Å². The molecule has 118 valence electrons. The summed E-state index contributed by atoms with van der Waals surface area (Å²) in [6.07, 6.45) is 0.469. The molecule has 0 fully saturated rings. The minimum atomic E-state index is -0.891. The highest BCUT2D eigenvalue weighted by Gasteiger charge is 2.21. The molecule has 21 heavy (non-hydrogen) atoms. The molecule has 0 unspecified atom stereocenters. The predicted octanol–water partition coefficient (Wildman–Crippen LogP) is 2.57. The van der Waals surface area contributed by atoms with Gasteiger partial charge < -0.3 is 15.2 Å². The Balaban J connectivity index is 2.49. The maximum Gasteiger partial charge on any atom is 0.249 e. The van der Waals surface area contributed by atoms with Gasteiger partial charge in [-0.3, -0.25) is 4.79 Å². The summed E-state index contributed by atoms with van der Waals surface area (Å²) in [5, 5.41) is 12.9. The van der Waals surface area contributed by atoms with Crippen LogP contribution in [0, 0.1) is 5.82 Å². The monoisotopic (exact) mass is 297 g/mol. The van der Waals surface area contributed by atoms with E-state index in [4.69, 9.17) is 4.74 Å². The van der Waals surface area contributed by atoms with Crippen LogP contribution in [0.2, 0.25) is 0 Å². The number of benzene rings is 1. The molecule has 0 radical (unpaired) electrons. The third-order valence-electron chi connectivity index (χ3n) is 3.29. The maximum absolute atomic E-state index is 12.8. The second-order valence-electron chi connectivity index (χ2n) is 5.16. The smallest absolute Gasteiger partial charge is 0.249 e. The summed E-state index contributed by atoms with van der Waals surface area (Å²) in [5.41, 5.74) is 0.559. The van der Waals surface area contributed by atoms with Gasteiger partial charge in [-0.1, -0.05) is 25.5 Å². The molecule has 1 amide bonds. The van der Waals surface area contributed by atoms with Gasteiger partial charge in [-0.25, -0.2) is 4.39 Å². The van der Waals surface area contributed by atoms with Crippen LogP contribution in [0.25, 0.3) is 0 Å². The lowest BCUT2D eigenvalue weighted by Crippen LogP contribution is -2.42. The maximum atomic E-state index is 12.8. The fraction of sp³-hybridized carbons (Fsp3) is 0.562. The third kappa shape index (κ3) is 5.81. The van der Waals surface area contributed by atoms with E-state index in [0.29, 0.717) is 12.2 Å². The Morgan fingerprint density at radius 1 is 1.33 bits per heavy atom. The minimum absolute atomic E-state index is 0.264. The first kappa shape index (κ1) is 17.6. The Morgan fingerprint density at radius 2 is 1.95 bits per heavy atom. The third-order valence-corrected chi connectivity index (χ3v) is 3.29. The molecular formula is C16H24FNO3. The van der Waals surface area contributed by atoms with Crippen LogP contribution >= 0.6 is 0 Å². The number of hydrogen-bond acceptors (Lipinski definition) is 3. The molecule has 1 rings (SSSR count). The summed E-state index contributed by atoms with van der Waals surface area (Å²) < 4.78 is 18.2. The van der Waals surface area contributed by atoms with Gasteiger partial charge >= 0.3 is 0 Å². The summed E-state index contributed by atoms with van der Waals surface area (Å²) in [5.74, 6) is -0.625. The number of carbonyl (C=O) groups excluding carboxylic acids is 1. The van der Waals surface area contributed by atoms with Crippen LogP contribution in [0.3, 0.4) is 0 Å². The number of nitrogens with one attached hydrogen (secondary N) is 1. The van der Waals surface area contributed by atoms with Crippen LogP contribution < -0.4 is 5.32 Å². The normalized spacial score (nSPS) is 15.3. The van der Waals surface area contributed by atoms with Gasteiger partial charge in [0.05, 0.1) is 12.1 Å². The fourth-order valence-corrected chi connectivity index (χ4v) is 1.85. The molecule has 0 spiro atoms. The quantitative estimate of drug-likeness (QED) is 0.725. The van der Waals surface area contributed by atoms with Crippen molar-refractivity contribution in [1.82, 2.24) is 5.32 Å². The summed E-state index contributed by atoms with van der Waals surface area (Å²) in [4.78, 5) is 11.9. The van der Waals surface area contributed by atoms with Crippen molar-refractivity contribution in [2.75, 3.05) is 6.61 Å². The number of carbonyl (C=O) groups is 1. The van der Waals surface area contributed by atoms with Crippen LogP contribution in [0.5, 0.6) is 0 Å². The van der Waals surface area contributed by atoms with Gasteiger partial charge in [-0.2, -0.15) is 0 Å². The van der Waals surface area contributed by atoms with Crippen molar-refractivity contribution in [2.24, 2.45) is 0 Å². The lowest BCUT2D eigenvalue weighted by Gasteiger charge is -2.22. The second kappa shape index (κ2) is 8.74. The second-order valence-corrected chi connectivity index (χ2v) is 5.16. The average Bonchev–Trinajstić information content (AvgIpc) is 2.47. The molecule has 0 heterocycles. The highest BCUT2D eigenvalue weighted by atomic mass is 19.1. The van der Waals surface area contributed by atoms with E-state index in [1.165, 1.54) is 24.3 Å². The molecule has 3 atom stereocenters. The van der Waals surface area contributed by atoms with Gasteiger partial charge in [-0.05, 0) is 38.0 Å². The zero-order valence-corrected chi connectivity index (χ0v) is 12.8. The number of halogens is 1. The molecule has 0 aliphatic rings. The van der Waals surface area contributed by atoms with Gasteiger partial charge in [0, 0.05) is 6.61 Å². The van der Waals surface area contributed by atoms with Gasteiger partial charge in [0.25, 0.3) is 0 Å². The Morgan fingerprint density at radius 3 is 2.52 bits per heavy atom. The van der Waals surface area contributed by atoms with Crippen molar-refractivity contribution >= 4 is 5.91 Å². The van der Waals surface area contributed by atoms with E-state index in [1.54, 1.807) is 13.8 Å². The van der Waals surface area contributed by atoms with E-state index in [-0.39, 0.29) is 11.7 Å². The first-order valence-corrected chi connectivity index (χ1v) is 7.31. The molecule has 1 aromatic carbocycles. The molecule has 1 aromatic rings. The van der Waals surface area contributed by atoms with E-state index in [9.17, 15) is 14.3 Å². The molecule has 0 aromatic heterocycles. The van der Waals surface area contributed by atoms with Crippen molar-refractivity contribution in [3.8, 4) is 0 Å². The SMILES string of the molecule is CCCCO[C@H](C)C(=O)N[C@H](C)[C@@H](O)c1ccc(F)cc1. The van der Waals surface area contributed by atoms with Gasteiger partial charge in [0.2, 0.25) is 5.91 Å². The number of ether oxygens (including phenoxy) is 1. The number of unbranched alkanes of at least 4 members (excludes halogenated alkanes) is 1. The van der Waals surface area contributed by atoms with Crippen molar-refractivity contribution in [2.45, 2.75) is 51.9 Å². The average molecular weight is 297 g/mol. The van der Waals surface area contributed by atoms with Crippen molar-refractivity contribution in [1.29, 1.82) is 0 Å². The topological polar surface area (TPSA) is 58.6 Å². The van der Waals surface area contributed by atoms with E-state index in [1.807, 2.05) is 0 Å². The Labute approximate surface area is 125 Å².